The highest BCUT2D eigenvalue weighted by Gasteiger charge is 2.13. The normalized spacial score (nSPS) is 10.9. The molecule has 1 N–H and O–H groups in total. The highest BCUT2D eigenvalue weighted by atomic mass is 19.1. The molecule has 0 aliphatic heterocycles. The van der Waals surface area contributed by atoms with Gasteiger partial charge in [-0.15, -0.1) is 0 Å². The van der Waals surface area contributed by atoms with Crippen LogP contribution in [0.4, 0.5) is 14.5 Å². The molecule has 0 aromatic heterocycles. The summed E-state index contributed by atoms with van der Waals surface area (Å²) in [4.78, 5) is 12.5. The Morgan fingerprint density at radius 3 is 2.47 bits per heavy atom. The van der Waals surface area contributed by atoms with E-state index in [1.807, 2.05) is 6.07 Å². The number of anilines is 1. The van der Waals surface area contributed by atoms with Gasteiger partial charge in [-0.2, -0.15) is 5.26 Å². The van der Waals surface area contributed by atoms with Crippen LogP contribution >= 0.6 is 0 Å². The van der Waals surface area contributed by atoms with Gasteiger partial charge in [0.1, 0.15) is 29.0 Å². The second-order valence-corrected chi connectivity index (χ2v) is 6.46. The molecular formula is C24H18F2N2O2. The van der Waals surface area contributed by atoms with Crippen molar-refractivity contribution in [3.05, 3.63) is 101 Å². The third kappa shape index (κ3) is 5.09. The smallest absolute Gasteiger partial charge is 0.266 e. The lowest BCUT2D eigenvalue weighted by Crippen LogP contribution is -2.13. The summed E-state index contributed by atoms with van der Waals surface area (Å²) in [5, 5.41) is 12.0. The van der Waals surface area contributed by atoms with Crippen molar-refractivity contribution in [2.45, 2.75) is 6.42 Å². The summed E-state index contributed by atoms with van der Waals surface area (Å²) < 4.78 is 32.4. The van der Waals surface area contributed by atoms with Crippen molar-refractivity contribution in [3.63, 3.8) is 0 Å². The van der Waals surface area contributed by atoms with Crippen molar-refractivity contribution in [3.8, 4) is 11.8 Å². The summed E-state index contributed by atoms with van der Waals surface area (Å²) in [5.41, 5.74) is 1.99. The lowest BCUT2D eigenvalue weighted by Gasteiger charge is -2.11. The van der Waals surface area contributed by atoms with Crippen molar-refractivity contribution >= 4 is 17.7 Å². The fraction of sp³-hybridized carbons (Fsp3) is 0.0833. The van der Waals surface area contributed by atoms with Gasteiger partial charge in [0.05, 0.1) is 7.11 Å². The van der Waals surface area contributed by atoms with Gasteiger partial charge in [0.25, 0.3) is 5.91 Å². The maximum atomic E-state index is 14.1. The Labute approximate surface area is 173 Å². The number of benzene rings is 3. The molecule has 4 nitrogen and oxygen atoms in total. The third-order valence-corrected chi connectivity index (χ3v) is 4.46. The Morgan fingerprint density at radius 2 is 1.80 bits per heavy atom. The number of halogens is 2. The molecule has 0 aliphatic rings. The maximum Gasteiger partial charge on any atom is 0.266 e. The molecule has 0 atom stereocenters. The monoisotopic (exact) mass is 404 g/mol. The van der Waals surface area contributed by atoms with E-state index in [2.05, 4.69) is 5.32 Å². The van der Waals surface area contributed by atoms with Gasteiger partial charge in [-0.1, -0.05) is 24.3 Å². The first-order valence-electron chi connectivity index (χ1n) is 9.09. The summed E-state index contributed by atoms with van der Waals surface area (Å²) in [6, 6.07) is 18.7. The summed E-state index contributed by atoms with van der Waals surface area (Å²) in [6.45, 7) is 0. The number of nitrogens with one attached hydrogen (secondary N) is 1. The molecule has 0 unspecified atom stereocenters. The van der Waals surface area contributed by atoms with Crippen molar-refractivity contribution in [2.24, 2.45) is 0 Å². The van der Waals surface area contributed by atoms with E-state index in [0.717, 1.165) is 0 Å². The van der Waals surface area contributed by atoms with E-state index in [-0.39, 0.29) is 17.8 Å². The van der Waals surface area contributed by atoms with Crippen LogP contribution in [0.5, 0.6) is 5.75 Å². The van der Waals surface area contributed by atoms with Crippen molar-refractivity contribution < 1.29 is 18.3 Å². The van der Waals surface area contributed by atoms with Gasteiger partial charge >= 0.3 is 0 Å². The van der Waals surface area contributed by atoms with E-state index in [0.29, 0.717) is 28.1 Å². The number of rotatable bonds is 6. The SMILES string of the molecule is COc1ccc(/C=C(\C#N)C(=O)Nc2ccc(F)cc2)c(Cc2ccccc2F)c1. The van der Waals surface area contributed by atoms with Crippen LogP contribution in [-0.4, -0.2) is 13.0 Å². The highest BCUT2D eigenvalue weighted by Crippen LogP contribution is 2.24. The molecule has 0 bridgehead atoms. The summed E-state index contributed by atoms with van der Waals surface area (Å²) >= 11 is 0. The quantitative estimate of drug-likeness (QED) is 0.459. The molecule has 3 rings (SSSR count). The lowest BCUT2D eigenvalue weighted by molar-refractivity contribution is -0.112. The van der Waals surface area contributed by atoms with Gasteiger partial charge in [0.15, 0.2) is 0 Å². The molecule has 0 saturated heterocycles. The zero-order valence-corrected chi connectivity index (χ0v) is 16.2. The van der Waals surface area contributed by atoms with E-state index in [4.69, 9.17) is 4.74 Å². The van der Waals surface area contributed by atoms with Crippen LogP contribution in [0.1, 0.15) is 16.7 Å². The first-order valence-corrected chi connectivity index (χ1v) is 9.09. The van der Waals surface area contributed by atoms with E-state index in [9.17, 15) is 18.8 Å². The van der Waals surface area contributed by atoms with Crippen LogP contribution in [0.15, 0.2) is 72.3 Å². The van der Waals surface area contributed by atoms with E-state index in [1.54, 1.807) is 36.4 Å². The van der Waals surface area contributed by atoms with E-state index in [1.165, 1.54) is 43.5 Å². The van der Waals surface area contributed by atoms with Gasteiger partial charge in [-0.05, 0) is 65.2 Å². The molecule has 0 spiro atoms. The number of carbonyl (C=O) groups is 1. The maximum absolute atomic E-state index is 14.1. The number of hydrogen-bond donors (Lipinski definition) is 1. The number of amides is 1. The average Bonchev–Trinajstić information content (AvgIpc) is 2.75. The molecule has 0 fully saturated rings. The van der Waals surface area contributed by atoms with Crippen LogP contribution < -0.4 is 10.1 Å². The molecule has 1 amide bonds. The minimum Gasteiger partial charge on any atom is -0.497 e. The second kappa shape index (κ2) is 9.48. The van der Waals surface area contributed by atoms with Crippen molar-refractivity contribution in [1.82, 2.24) is 0 Å². The fourth-order valence-corrected chi connectivity index (χ4v) is 2.89. The first-order chi connectivity index (χ1) is 14.5. The standard InChI is InChI=1S/C24H18F2N2O2/c1-30-22-11-6-16(18(14-22)13-17-4-2-3-5-23(17)26)12-19(15-27)24(29)28-21-9-7-20(25)8-10-21/h2-12,14H,13H2,1H3,(H,28,29)/b19-12+. The van der Waals surface area contributed by atoms with Gasteiger partial charge in [-0.3, -0.25) is 4.79 Å². The van der Waals surface area contributed by atoms with Gasteiger partial charge < -0.3 is 10.1 Å². The van der Waals surface area contributed by atoms with Crippen molar-refractivity contribution in [1.29, 1.82) is 5.26 Å². The number of ether oxygens (including phenoxy) is 1. The minimum atomic E-state index is -0.628. The fourth-order valence-electron chi connectivity index (χ4n) is 2.89. The molecule has 0 saturated carbocycles. The lowest BCUT2D eigenvalue weighted by atomic mass is 9.97. The van der Waals surface area contributed by atoms with Crippen molar-refractivity contribution in [2.75, 3.05) is 12.4 Å². The minimum absolute atomic E-state index is 0.140. The predicted octanol–water partition coefficient (Wildman–Crippen LogP) is 5.11. The van der Waals surface area contributed by atoms with Crippen LogP contribution in [0.2, 0.25) is 0 Å². The molecular weight excluding hydrogens is 386 g/mol. The number of nitriles is 1. The van der Waals surface area contributed by atoms with Gasteiger partial charge in [0, 0.05) is 12.1 Å². The molecule has 0 heterocycles. The Morgan fingerprint density at radius 1 is 1.07 bits per heavy atom. The number of carbonyl (C=O) groups excluding carboxylic acids is 1. The molecule has 0 aliphatic carbocycles. The first kappa shape index (κ1) is 20.7. The number of nitrogens with zero attached hydrogens (tertiary/aromatic N) is 1. The van der Waals surface area contributed by atoms with Crippen LogP contribution in [0, 0.1) is 23.0 Å². The summed E-state index contributed by atoms with van der Waals surface area (Å²) in [7, 11) is 1.52. The number of hydrogen-bond acceptors (Lipinski definition) is 3. The molecule has 150 valence electrons. The molecule has 0 radical (unpaired) electrons. The van der Waals surface area contributed by atoms with E-state index < -0.39 is 11.7 Å². The Balaban J connectivity index is 1.93. The van der Waals surface area contributed by atoms with E-state index >= 15 is 0 Å². The third-order valence-electron chi connectivity index (χ3n) is 4.46. The molecule has 30 heavy (non-hydrogen) atoms. The largest absolute Gasteiger partial charge is 0.497 e. The highest BCUT2D eigenvalue weighted by molar-refractivity contribution is 6.09. The Hall–Kier alpha value is -3.98. The van der Waals surface area contributed by atoms with Gasteiger partial charge in [-0.25, -0.2) is 8.78 Å². The predicted molar refractivity (Wildman–Crippen MR) is 111 cm³/mol. The number of methoxy groups -OCH3 is 1. The average molecular weight is 404 g/mol. The summed E-state index contributed by atoms with van der Waals surface area (Å²) in [5.74, 6) is -0.825. The zero-order valence-electron chi connectivity index (χ0n) is 16.2. The Kier molecular flexibility index (Phi) is 6.56. The second-order valence-electron chi connectivity index (χ2n) is 6.46. The van der Waals surface area contributed by atoms with Crippen LogP contribution in [-0.2, 0) is 11.2 Å². The summed E-state index contributed by atoms with van der Waals surface area (Å²) in [6.07, 6.45) is 1.70. The molecule has 3 aromatic rings. The topological polar surface area (TPSA) is 62.1 Å². The molecule has 3 aromatic carbocycles. The Bertz CT molecular complexity index is 1130. The van der Waals surface area contributed by atoms with Crippen LogP contribution in [0.25, 0.3) is 6.08 Å². The zero-order chi connectivity index (χ0) is 21.5. The van der Waals surface area contributed by atoms with Crippen LogP contribution in [0.3, 0.4) is 0 Å². The molecule has 6 heteroatoms. The van der Waals surface area contributed by atoms with Gasteiger partial charge in [0.2, 0.25) is 0 Å².